The zero-order chi connectivity index (χ0) is 14.8. The van der Waals surface area contributed by atoms with Crippen LogP contribution >= 0.6 is 0 Å². The number of nitrogens with one attached hydrogen (secondary N) is 1. The molecule has 0 aromatic heterocycles. The van der Waals surface area contributed by atoms with Gasteiger partial charge in [0, 0.05) is 12.2 Å². The van der Waals surface area contributed by atoms with Crippen molar-refractivity contribution in [1.29, 1.82) is 0 Å². The third-order valence-corrected chi connectivity index (χ3v) is 4.59. The van der Waals surface area contributed by atoms with Gasteiger partial charge in [0.25, 0.3) is 0 Å². The molecule has 0 atom stereocenters. The normalized spacial score (nSPS) is 23.6. The van der Waals surface area contributed by atoms with Gasteiger partial charge in [-0.1, -0.05) is 20.8 Å². The molecule has 0 bridgehead atoms. The minimum Gasteiger partial charge on any atom is -0.385 e. The Morgan fingerprint density at radius 2 is 1.70 bits per heavy atom. The molecule has 0 saturated heterocycles. The summed E-state index contributed by atoms with van der Waals surface area (Å²) in [4.78, 5) is 0. The van der Waals surface area contributed by atoms with Crippen LogP contribution in [0.1, 0.15) is 46.5 Å². The largest absolute Gasteiger partial charge is 0.385 e. The molecule has 1 N–H and O–H groups in total. The maximum atomic E-state index is 13.1. The average Bonchev–Trinajstić information content (AvgIpc) is 2.40. The van der Waals surface area contributed by atoms with Gasteiger partial charge in [0.1, 0.15) is 0 Å². The van der Waals surface area contributed by atoms with Crippen molar-refractivity contribution >= 4 is 5.69 Å². The van der Waals surface area contributed by atoms with Crippen LogP contribution in [-0.4, -0.2) is 6.54 Å². The van der Waals surface area contributed by atoms with E-state index in [1.807, 2.05) is 0 Å². The molecule has 0 radical (unpaired) electrons. The summed E-state index contributed by atoms with van der Waals surface area (Å²) < 4.78 is 26.0. The summed E-state index contributed by atoms with van der Waals surface area (Å²) in [5.41, 5.74) is 1.07. The van der Waals surface area contributed by atoms with Crippen molar-refractivity contribution in [3.05, 3.63) is 29.8 Å². The Kier molecular flexibility index (Phi) is 4.66. The van der Waals surface area contributed by atoms with Gasteiger partial charge in [-0.15, -0.1) is 0 Å². The van der Waals surface area contributed by atoms with E-state index in [9.17, 15) is 8.78 Å². The van der Waals surface area contributed by atoms with E-state index in [0.29, 0.717) is 17.0 Å². The van der Waals surface area contributed by atoms with Crippen LogP contribution in [0.15, 0.2) is 18.2 Å². The number of hydrogen-bond donors (Lipinski definition) is 1. The van der Waals surface area contributed by atoms with E-state index in [1.165, 1.54) is 37.8 Å². The van der Waals surface area contributed by atoms with Gasteiger partial charge >= 0.3 is 0 Å². The van der Waals surface area contributed by atoms with E-state index in [-0.39, 0.29) is 0 Å². The average molecular weight is 281 g/mol. The molecule has 3 heteroatoms. The predicted molar refractivity (Wildman–Crippen MR) is 79.8 cm³/mol. The lowest BCUT2D eigenvalue weighted by atomic mass is 9.70. The number of halogens is 2. The fraction of sp³-hybridized carbons (Fsp3) is 0.647. The molecule has 1 nitrogen and oxygen atoms in total. The van der Waals surface area contributed by atoms with E-state index in [2.05, 4.69) is 26.1 Å². The lowest BCUT2D eigenvalue weighted by molar-refractivity contribution is 0.153. The van der Waals surface area contributed by atoms with Crippen LogP contribution in [-0.2, 0) is 0 Å². The summed E-state index contributed by atoms with van der Waals surface area (Å²) in [6.45, 7) is 7.80. The first-order valence-corrected chi connectivity index (χ1v) is 7.55. The Bertz CT molecular complexity index is 443. The number of anilines is 1. The summed E-state index contributed by atoms with van der Waals surface area (Å²) in [6, 6.07) is 4.00. The number of benzene rings is 1. The second-order valence-corrected chi connectivity index (χ2v) is 7.09. The Morgan fingerprint density at radius 1 is 1.05 bits per heavy atom. The summed E-state index contributed by atoms with van der Waals surface area (Å²) in [5, 5.41) is 3.23. The first kappa shape index (κ1) is 15.3. The molecule has 1 aromatic rings. The summed E-state index contributed by atoms with van der Waals surface area (Å²) in [5.74, 6) is -0.128. The Labute approximate surface area is 120 Å². The smallest absolute Gasteiger partial charge is 0.160 e. The van der Waals surface area contributed by atoms with Crippen LogP contribution in [0.3, 0.4) is 0 Å². The molecule has 2 rings (SSSR count). The van der Waals surface area contributed by atoms with Gasteiger partial charge in [-0.3, -0.25) is 0 Å². The minimum atomic E-state index is -0.791. The van der Waals surface area contributed by atoms with Gasteiger partial charge < -0.3 is 5.32 Å². The molecule has 1 saturated carbocycles. The summed E-state index contributed by atoms with van der Waals surface area (Å²) >= 11 is 0. The molecule has 0 spiro atoms. The molecule has 0 unspecified atom stereocenters. The van der Waals surface area contributed by atoms with Crippen molar-refractivity contribution in [2.45, 2.75) is 46.5 Å². The fourth-order valence-electron chi connectivity index (χ4n) is 3.10. The molecule has 1 aromatic carbocycles. The lowest BCUT2D eigenvalue weighted by Gasteiger charge is -2.37. The molecule has 0 heterocycles. The highest BCUT2D eigenvalue weighted by molar-refractivity contribution is 5.43. The van der Waals surface area contributed by atoms with Gasteiger partial charge in [-0.05, 0) is 61.1 Å². The molecule has 1 fully saturated rings. The second-order valence-electron chi connectivity index (χ2n) is 7.09. The van der Waals surface area contributed by atoms with Gasteiger partial charge in [0.2, 0.25) is 0 Å². The van der Waals surface area contributed by atoms with Crippen molar-refractivity contribution in [2.75, 3.05) is 11.9 Å². The number of hydrogen-bond acceptors (Lipinski definition) is 1. The van der Waals surface area contributed by atoms with Crippen molar-refractivity contribution < 1.29 is 8.78 Å². The predicted octanol–water partition coefficient (Wildman–Crippen LogP) is 5.23. The van der Waals surface area contributed by atoms with Crippen LogP contribution in [0.5, 0.6) is 0 Å². The van der Waals surface area contributed by atoms with Crippen LogP contribution in [0.2, 0.25) is 0 Å². The molecule has 112 valence electrons. The first-order valence-electron chi connectivity index (χ1n) is 7.55. The van der Waals surface area contributed by atoms with E-state index in [4.69, 9.17) is 0 Å². The first-order chi connectivity index (χ1) is 9.36. The topological polar surface area (TPSA) is 12.0 Å². The van der Waals surface area contributed by atoms with Crippen molar-refractivity contribution in [3.63, 3.8) is 0 Å². The van der Waals surface area contributed by atoms with Crippen molar-refractivity contribution in [2.24, 2.45) is 17.3 Å². The van der Waals surface area contributed by atoms with E-state index in [1.54, 1.807) is 6.07 Å². The summed E-state index contributed by atoms with van der Waals surface area (Å²) in [6.07, 6.45) is 4.98. The van der Waals surface area contributed by atoms with Crippen LogP contribution in [0.4, 0.5) is 14.5 Å². The SMILES string of the molecule is CC(C)(C)C1CCC(CNc2ccc(F)c(F)c2)CC1. The van der Waals surface area contributed by atoms with Gasteiger partial charge in [-0.25, -0.2) is 8.78 Å². The Morgan fingerprint density at radius 3 is 2.25 bits per heavy atom. The maximum absolute atomic E-state index is 13.1. The molecule has 1 aliphatic carbocycles. The van der Waals surface area contributed by atoms with E-state index >= 15 is 0 Å². The van der Waals surface area contributed by atoms with E-state index < -0.39 is 11.6 Å². The van der Waals surface area contributed by atoms with Gasteiger partial charge in [0.15, 0.2) is 11.6 Å². The van der Waals surface area contributed by atoms with E-state index in [0.717, 1.165) is 12.5 Å². The Hall–Kier alpha value is -1.12. The number of rotatable bonds is 3. The highest BCUT2D eigenvalue weighted by Crippen LogP contribution is 2.39. The van der Waals surface area contributed by atoms with Crippen molar-refractivity contribution in [3.8, 4) is 0 Å². The zero-order valence-corrected chi connectivity index (χ0v) is 12.7. The Balaban J connectivity index is 1.80. The second kappa shape index (κ2) is 6.11. The zero-order valence-electron chi connectivity index (χ0n) is 12.7. The van der Waals surface area contributed by atoms with Crippen molar-refractivity contribution in [1.82, 2.24) is 0 Å². The lowest BCUT2D eigenvalue weighted by Crippen LogP contribution is -2.28. The minimum absolute atomic E-state index is 0.401. The third kappa shape index (κ3) is 3.94. The molecule has 1 aliphatic rings. The van der Waals surface area contributed by atoms with Gasteiger partial charge in [0.05, 0.1) is 0 Å². The quantitative estimate of drug-likeness (QED) is 0.800. The molecule has 0 amide bonds. The van der Waals surface area contributed by atoms with Crippen LogP contribution in [0.25, 0.3) is 0 Å². The summed E-state index contributed by atoms with van der Waals surface area (Å²) in [7, 11) is 0. The molecule has 20 heavy (non-hydrogen) atoms. The highest BCUT2D eigenvalue weighted by atomic mass is 19.2. The highest BCUT2D eigenvalue weighted by Gasteiger charge is 2.29. The van der Waals surface area contributed by atoms with Crippen LogP contribution < -0.4 is 5.32 Å². The van der Waals surface area contributed by atoms with Crippen LogP contribution in [0, 0.1) is 28.9 Å². The molecule has 0 aliphatic heterocycles. The standard InChI is InChI=1S/C17H25F2N/c1-17(2,3)13-6-4-12(5-7-13)11-20-14-8-9-15(18)16(19)10-14/h8-10,12-13,20H,4-7,11H2,1-3H3. The maximum Gasteiger partial charge on any atom is 0.160 e. The monoisotopic (exact) mass is 281 g/mol. The fourth-order valence-corrected chi connectivity index (χ4v) is 3.10. The third-order valence-electron chi connectivity index (χ3n) is 4.59. The van der Waals surface area contributed by atoms with Gasteiger partial charge in [-0.2, -0.15) is 0 Å². The molecular weight excluding hydrogens is 256 g/mol. The molecular formula is C17H25F2N.